The number of halogens is 1. The number of carbonyl (C=O) groups excluding carboxylic acids is 1. The van der Waals surface area contributed by atoms with E-state index in [1.807, 2.05) is 20.8 Å². The van der Waals surface area contributed by atoms with Gasteiger partial charge in [0.05, 0.1) is 12.1 Å². The molecule has 1 atom stereocenters. The Balaban J connectivity index is 0.00000420. The highest BCUT2D eigenvalue weighted by molar-refractivity contribution is 14.0. The van der Waals surface area contributed by atoms with E-state index in [1.165, 1.54) is 0 Å². The number of ether oxygens (including phenoxy) is 3. The summed E-state index contributed by atoms with van der Waals surface area (Å²) in [5, 5.41) is 6.31. The predicted molar refractivity (Wildman–Crippen MR) is 125 cm³/mol. The van der Waals surface area contributed by atoms with Crippen LogP contribution in [0.15, 0.2) is 4.99 Å². The molecule has 0 bridgehead atoms. The number of aliphatic imine (C=N–C) groups is 1. The van der Waals surface area contributed by atoms with E-state index in [4.69, 9.17) is 19.2 Å². The smallest absolute Gasteiger partial charge is 0.407 e. The number of likely N-dealkylation sites (tertiary alicyclic amines) is 1. The first-order valence-corrected chi connectivity index (χ1v) is 10.6. The third-order valence-corrected chi connectivity index (χ3v) is 4.63. The molecule has 0 radical (unpaired) electrons. The SMILES string of the molecule is CCNC(=NCCCOC1CCOCC1)N1CCC(NC(=O)OC(C)(C)C)C1.I. The van der Waals surface area contributed by atoms with E-state index < -0.39 is 5.60 Å². The van der Waals surface area contributed by atoms with Gasteiger partial charge in [-0.1, -0.05) is 0 Å². The van der Waals surface area contributed by atoms with Gasteiger partial charge in [0.1, 0.15) is 5.60 Å². The minimum absolute atomic E-state index is 0. The maximum absolute atomic E-state index is 12.0. The number of hydrogen-bond donors (Lipinski definition) is 2. The van der Waals surface area contributed by atoms with Crippen LogP contribution in [-0.4, -0.2) is 80.7 Å². The quantitative estimate of drug-likeness (QED) is 0.230. The normalized spacial score (nSPS) is 20.9. The van der Waals surface area contributed by atoms with E-state index >= 15 is 0 Å². The number of nitrogens with zero attached hydrogens (tertiary/aromatic N) is 2. The second kappa shape index (κ2) is 13.5. The van der Waals surface area contributed by atoms with Crippen LogP contribution in [0.2, 0.25) is 0 Å². The van der Waals surface area contributed by atoms with Crippen LogP contribution < -0.4 is 10.6 Å². The largest absolute Gasteiger partial charge is 0.444 e. The molecule has 0 spiro atoms. The first kappa shape index (κ1) is 26.2. The van der Waals surface area contributed by atoms with Crippen LogP contribution in [0.1, 0.15) is 53.4 Å². The van der Waals surface area contributed by atoms with E-state index in [2.05, 4.69) is 22.5 Å². The van der Waals surface area contributed by atoms with Crippen molar-refractivity contribution in [1.82, 2.24) is 15.5 Å². The van der Waals surface area contributed by atoms with Gasteiger partial charge < -0.3 is 29.7 Å². The summed E-state index contributed by atoms with van der Waals surface area (Å²) in [5.41, 5.74) is -0.481. The van der Waals surface area contributed by atoms with Gasteiger partial charge in [-0.05, 0) is 53.4 Å². The van der Waals surface area contributed by atoms with Crippen molar-refractivity contribution in [3.8, 4) is 0 Å². The van der Waals surface area contributed by atoms with E-state index in [1.54, 1.807) is 0 Å². The fraction of sp³-hybridized carbons (Fsp3) is 0.900. The highest BCUT2D eigenvalue weighted by Gasteiger charge is 2.27. The highest BCUT2D eigenvalue weighted by Crippen LogP contribution is 2.13. The zero-order chi connectivity index (χ0) is 20.4. The summed E-state index contributed by atoms with van der Waals surface area (Å²) in [6.07, 6.45) is 3.75. The van der Waals surface area contributed by atoms with Gasteiger partial charge in [-0.25, -0.2) is 4.79 Å². The molecule has 2 saturated heterocycles. The fourth-order valence-corrected chi connectivity index (χ4v) is 3.31. The summed E-state index contributed by atoms with van der Waals surface area (Å²) >= 11 is 0. The van der Waals surface area contributed by atoms with Crippen molar-refractivity contribution in [1.29, 1.82) is 0 Å². The first-order valence-electron chi connectivity index (χ1n) is 10.6. The summed E-state index contributed by atoms with van der Waals surface area (Å²) in [5.74, 6) is 0.905. The van der Waals surface area contributed by atoms with E-state index in [-0.39, 0.29) is 36.1 Å². The van der Waals surface area contributed by atoms with Crippen molar-refractivity contribution < 1.29 is 19.0 Å². The molecule has 2 heterocycles. The van der Waals surface area contributed by atoms with Crippen LogP contribution in [0.4, 0.5) is 4.79 Å². The number of hydrogen-bond acceptors (Lipinski definition) is 5. The van der Waals surface area contributed by atoms with Gasteiger partial charge in [0.15, 0.2) is 5.96 Å². The van der Waals surface area contributed by atoms with Crippen molar-refractivity contribution in [2.75, 3.05) is 46.0 Å². The zero-order valence-electron chi connectivity index (χ0n) is 18.4. The molecular formula is C20H39IN4O4. The van der Waals surface area contributed by atoms with Crippen LogP contribution in [0, 0.1) is 0 Å². The van der Waals surface area contributed by atoms with Gasteiger partial charge in [0.2, 0.25) is 0 Å². The molecule has 2 N–H and O–H groups in total. The lowest BCUT2D eigenvalue weighted by Gasteiger charge is -2.24. The highest BCUT2D eigenvalue weighted by atomic mass is 127. The molecule has 0 aromatic heterocycles. The summed E-state index contributed by atoms with van der Waals surface area (Å²) < 4.78 is 16.6. The standard InChI is InChI=1S/C20H38N4O4.HI/c1-5-21-18(22-10-6-12-27-17-8-13-26-14-9-17)24-11-7-16(15-24)23-19(25)28-20(2,3)4;/h16-17H,5-15H2,1-4H3,(H,21,22)(H,23,25);1H. The van der Waals surface area contributed by atoms with E-state index in [0.717, 1.165) is 77.6 Å². The van der Waals surface area contributed by atoms with Gasteiger partial charge in [-0.15, -0.1) is 24.0 Å². The maximum Gasteiger partial charge on any atom is 0.407 e. The Bertz CT molecular complexity index is 507. The van der Waals surface area contributed by atoms with Gasteiger partial charge in [0.25, 0.3) is 0 Å². The van der Waals surface area contributed by atoms with Crippen molar-refractivity contribution in [2.24, 2.45) is 4.99 Å². The Labute approximate surface area is 192 Å². The number of alkyl carbamates (subject to hydrolysis) is 1. The average Bonchev–Trinajstić information content (AvgIpc) is 3.08. The van der Waals surface area contributed by atoms with Crippen molar-refractivity contribution in [2.45, 2.75) is 71.1 Å². The minimum atomic E-state index is -0.481. The number of nitrogens with one attached hydrogen (secondary N) is 2. The molecule has 0 saturated carbocycles. The molecule has 1 unspecified atom stereocenters. The lowest BCUT2D eigenvalue weighted by atomic mass is 10.1. The summed E-state index contributed by atoms with van der Waals surface area (Å²) in [6, 6.07) is 0.0792. The molecule has 2 aliphatic rings. The van der Waals surface area contributed by atoms with Gasteiger partial charge in [0, 0.05) is 46.0 Å². The molecular weight excluding hydrogens is 487 g/mol. The lowest BCUT2D eigenvalue weighted by molar-refractivity contribution is -0.0318. The van der Waals surface area contributed by atoms with Crippen molar-refractivity contribution in [3.63, 3.8) is 0 Å². The molecule has 8 nitrogen and oxygen atoms in total. The van der Waals surface area contributed by atoms with Crippen LogP contribution in [-0.2, 0) is 14.2 Å². The Hall–Kier alpha value is -0.810. The summed E-state index contributed by atoms with van der Waals surface area (Å²) in [7, 11) is 0. The van der Waals surface area contributed by atoms with Gasteiger partial charge in [-0.2, -0.15) is 0 Å². The fourth-order valence-electron chi connectivity index (χ4n) is 3.31. The molecule has 0 aliphatic carbocycles. The topological polar surface area (TPSA) is 84.4 Å². The number of guanidine groups is 1. The molecule has 9 heteroatoms. The third kappa shape index (κ3) is 10.7. The molecule has 170 valence electrons. The summed E-state index contributed by atoms with van der Waals surface area (Å²) in [4.78, 5) is 18.9. The lowest BCUT2D eigenvalue weighted by Crippen LogP contribution is -2.44. The molecule has 1 amide bonds. The van der Waals surface area contributed by atoms with Crippen LogP contribution >= 0.6 is 24.0 Å². The van der Waals surface area contributed by atoms with Gasteiger partial charge >= 0.3 is 6.09 Å². The minimum Gasteiger partial charge on any atom is -0.444 e. The second-order valence-corrected chi connectivity index (χ2v) is 8.35. The zero-order valence-corrected chi connectivity index (χ0v) is 20.7. The van der Waals surface area contributed by atoms with Gasteiger partial charge in [-0.3, -0.25) is 4.99 Å². The Morgan fingerprint density at radius 3 is 2.62 bits per heavy atom. The van der Waals surface area contributed by atoms with Crippen molar-refractivity contribution >= 4 is 36.0 Å². The summed E-state index contributed by atoms with van der Waals surface area (Å²) in [6.45, 7) is 13.2. The second-order valence-electron chi connectivity index (χ2n) is 8.35. The Morgan fingerprint density at radius 2 is 1.97 bits per heavy atom. The maximum atomic E-state index is 12.0. The Morgan fingerprint density at radius 1 is 1.24 bits per heavy atom. The molecule has 29 heavy (non-hydrogen) atoms. The van der Waals surface area contributed by atoms with Crippen LogP contribution in [0.3, 0.4) is 0 Å². The molecule has 2 rings (SSSR count). The molecule has 2 fully saturated rings. The Kier molecular flexibility index (Phi) is 12.2. The molecule has 0 aromatic rings. The van der Waals surface area contributed by atoms with E-state index in [9.17, 15) is 4.79 Å². The monoisotopic (exact) mass is 526 g/mol. The first-order chi connectivity index (χ1) is 13.4. The van der Waals surface area contributed by atoms with Crippen LogP contribution in [0.5, 0.6) is 0 Å². The average molecular weight is 526 g/mol. The number of amides is 1. The molecule has 0 aromatic carbocycles. The van der Waals surface area contributed by atoms with E-state index in [0.29, 0.717) is 6.10 Å². The van der Waals surface area contributed by atoms with Crippen LogP contribution in [0.25, 0.3) is 0 Å². The number of carbonyl (C=O) groups is 1. The third-order valence-electron chi connectivity index (χ3n) is 4.63. The number of rotatable bonds is 7. The van der Waals surface area contributed by atoms with Crippen molar-refractivity contribution in [3.05, 3.63) is 0 Å². The predicted octanol–water partition coefficient (Wildman–Crippen LogP) is 2.75. The molecule has 2 aliphatic heterocycles.